The minimum absolute atomic E-state index is 1.16. The quantitative estimate of drug-likeness (QED) is 0.757. The molecule has 112 valence electrons. The van der Waals surface area contributed by atoms with Crippen molar-refractivity contribution in [3.05, 3.63) is 30.3 Å². The number of piperazine rings is 1. The van der Waals surface area contributed by atoms with E-state index in [2.05, 4.69) is 58.9 Å². The van der Waals surface area contributed by atoms with Crippen molar-refractivity contribution < 1.29 is 0 Å². The molecule has 1 aliphatic heterocycles. The molecule has 2 rings (SSSR count). The van der Waals surface area contributed by atoms with Crippen LogP contribution in [0.1, 0.15) is 20.3 Å². The second-order valence-electron chi connectivity index (χ2n) is 5.54. The topological polar surface area (TPSA) is 9.72 Å². The molecular formula is C17H29N3. The van der Waals surface area contributed by atoms with E-state index in [-0.39, 0.29) is 0 Å². The fourth-order valence-electron chi connectivity index (χ4n) is 2.93. The van der Waals surface area contributed by atoms with Gasteiger partial charge in [-0.05, 0) is 44.7 Å². The smallest absolute Gasteiger partial charge is 0.0367 e. The number of rotatable bonds is 7. The molecule has 0 amide bonds. The van der Waals surface area contributed by atoms with Crippen molar-refractivity contribution >= 4 is 5.69 Å². The zero-order chi connectivity index (χ0) is 14.2. The fourth-order valence-corrected chi connectivity index (χ4v) is 2.93. The first-order valence-corrected chi connectivity index (χ1v) is 8.08. The summed E-state index contributed by atoms with van der Waals surface area (Å²) in [6.07, 6.45) is 1.30. The van der Waals surface area contributed by atoms with Gasteiger partial charge in [0.2, 0.25) is 0 Å². The molecule has 1 saturated heterocycles. The summed E-state index contributed by atoms with van der Waals surface area (Å²) >= 11 is 0. The Morgan fingerprint density at radius 2 is 1.60 bits per heavy atom. The zero-order valence-electron chi connectivity index (χ0n) is 13.1. The van der Waals surface area contributed by atoms with Crippen molar-refractivity contribution in [1.29, 1.82) is 0 Å². The minimum Gasteiger partial charge on any atom is -0.369 e. The molecule has 1 aromatic carbocycles. The molecular weight excluding hydrogens is 246 g/mol. The van der Waals surface area contributed by atoms with E-state index >= 15 is 0 Å². The van der Waals surface area contributed by atoms with Crippen LogP contribution in [0, 0.1) is 0 Å². The maximum Gasteiger partial charge on any atom is 0.0367 e. The molecule has 0 spiro atoms. The zero-order valence-corrected chi connectivity index (χ0v) is 13.1. The third-order valence-corrected chi connectivity index (χ3v) is 4.34. The van der Waals surface area contributed by atoms with Crippen LogP contribution < -0.4 is 4.90 Å². The van der Waals surface area contributed by atoms with E-state index in [9.17, 15) is 0 Å². The first-order valence-electron chi connectivity index (χ1n) is 8.08. The molecule has 1 aromatic rings. The first kappa shape index (κ1) is 15.3. The predicted molar refractivity (Wildman–Crippen MR) is 87.5 cm³/mol. The number of para-hydroxylation sites is 1. The molecule has 0 radical (unpaired) electrons. The Balaban J connectivity index is 1.67. The Morgan fingerprint density at radius 1 is 0.950 bits per heavy atom. The molecule has 3 heteroatoms. The fraction of sp³-hybridized carbons (Fsp3) is 0.647. The van der Waals surface area contributed by atoms with Gasteiger partial charge in [-0.15, -0.1) is 0 Å². The number of anilines is 1. The van der Waals surface area contributed by atoms with Crippen LogP contribution in [0.25, 0.3) is 0 Å². The summed E-state index contributed by atoms with van der Waals surface area (Å²) in [4.78, 5) is 7.63. The number of benzene rings is 1. The van der Waals surface area contributed by atoms with Gasteiger partial charge < -0.3 is 9.80 Å². The van der Waals surface area contributed by atoms with Crippen molar-refractivity contribution in [1.82, 2.24) is 9.80 Å². The Bertz CT molecular complexity index is 354. The summed E-state index contributed by atoms with van der Waals surface area (Å²) in [5.74, 6) is 0. The SMILES string of the molecule is CCN(CC)CCCN1CCN(c2ccccc2)CC1. The second-order valence-corrected chi connectivity index (χ2v) is 5.54. The van der Waals surface area contributed by atoms with E-state index in [0.29, 0.717) is 0 Å². The molecule has 1 heterocycles. The lowest BCUT2D eigenvalue weighted by atomic mass is 10.2. The maximum absolute atomic E-state index is 2.61. The Labute approximate surface area is 124 Å². The van der Waals surface area contributed by atoms with E-state index < -0.39 is 0 Å². The van der Waals surface area contributed by atoms with Crippen LogP contribution in [0.4, 0.5) is 5.69 Å². The molecule has 0 bridgehead atoms. The highest BCUT2D eigenvalue weighted by Crippen LogP contribution is 2.15. The molecule has 0 N–H and O–H groups in total. The van der Waals surface area contributed by atoms with E-state index in [1.54, 1.807) is 0 Å². The average Bonchev–Trinajstić information content (AvgIpc) is 2.53. The number of hydrogen-bond acceptors (Lipinski definition) is 3. The van der Waals surface area contributed by atoms with E-state index in [1.807, 2.05) is 0 Å². The van der Waals surface area contributed by atoms with Crippen LogP contribution in [-0.2, 0) is 0 Å². The second kappa shape index (κ2) is 8.28. The molecule has 1 fully saturated rings. The molecule has 0 aromatic heterocycles. The molecule has 0 saturated carbocycles. The predicted octanol–water partition coefficient (Wildman–Crippen LogP) is 2.54. The summed E-state index contributed by atoms with van der Waals surface area (Å²) in [6.45, 7) is 14.1. The van der Waals surface area contributed by atoms with Gasteiger partial charge in [-0.1, -0.05) is 32.0 Å². The van der Waals surface area contributed by atoms with Gasteiger partial charge in [-0.25, -0.2) is 0 Å². The number of hydrogen-bond donors (Lipinski definition) is 0. The van der Waals surface area contributed by atoms with Crippen molar-refractivity contribution in [2.75, 3.05) is 57.3 Å². The lowest BCUT2D eigenvalue weighted by Gasteiger charge is -2.36. The van der Waals surface area contributed by atoms with Gasteiger partial charge in [0.25, 0.3) is 0 Å². The van der Waals surface area contributed by atoms with Crippen molar-refractivity contribution in [3.8, 4) is 0 Å². The largest absolute Gasteiger partial charge is 0.369 e. The van der Waals surface area contributed by atoms with Crippen LogP contribution >= 0.6 is 0 Å². The van der Waals surface area contributed by atoms with Gasteiger partial charge in [0, 0.05) is 31.9 Å². The van der Waals surface area contributed by atoms with Gasteiger partial charge in [0.15, 0.2) is 0 Å². The molecule has 3 nitrogen and oxygen atoms in total. The highest BCUT2D eigenvalue weighted by molar-refractivity contribution is 5.46. The molecule has 1 aliphatic rings. The van der Waals surface area contributed by atoms with Gasteiger partial charge >= 0.3 is 0 Å². The lowest BCUT2D eigenvalue weighted by Crippen LogP contribution is -2.47. The molecule has 20 heavy (non-hydrogen) atoms. The number of nitrogens with zero attached hydrogens (tertiary/aromatic N) is 3. The van der Waals surface area contributed by atoms with E-state index in [4.69, 9.17) is 0 Å². The summed E-state index contributed by atoms with van der Waals surface area (Å²) in [6, 6.07) is 10.8. The monoisotopic (exact) mass is 275 g/mol. The van der Waals surface area contributed by atoms with Gasteiger partial charge in [-0.3, -0.25) is 4.90 Å². The van der Waals surface area contributed by atoms with Crippen LogP contribution in [0.5, 0.6) is 0 Å². The maximum atomic E-state index is 2.61. The first-order chi connectivity index (χ1) is 9.83. The van der Waals surface area contributed by atoms with Crippen molar-refractivity contribution in [3.63, 3.8) is 0 Å². The minimum atomic E-state index is 1.16. The van der Waals surface area contributed by atoms with E-state index in [1.165, 1.54) is 51.4 Å². The Hall–Kier alpha value is -1.06. The molecule has 0 unspecified atom stereocenters. The van der Waals surface area contributed by atoms with Gasteiger partial charge in [-0.2, -0.15) is 0 Å². The van der Waals surface area contributed by atoms with Crippen molar-refractivity contribution in [2.45, 2.75) is 20.3 Å². The Morgan fingerprint density at radius 3 is 2.20 bits per heavy atom. The molecule has 0 aliphatic carbocycles. The van der Waals surface area contributed by atoms with E-state index in [0.717, 1.165) is 13.1 Å². The standard InChI is InChI=1S/C17H29N3/c1-3-18(4-2)11-8-12-19-13-15-20(16-14-19)17-9-6-5-7-10-17/h5-7,9-10H,3-4,8,11-16H2,1-2H3. The summed E-state index contributed by atoms with van der Waals surface area (Å²) in [5, 5.41) is 0. The van der Waals surface area contributed by atoms with Crippen LogP contribution in [0.15, 0.2) is 30.3 Å². The summed E-state index contributed by atoms with van der Waals surface area (Å²) in [7, 11) is 0. The van der Waals surface area contributed by atoms with Crippen LogP contribution in [-0.4, -0.2) is 62.2 Å². The highest BCUT2D eigenvalue weighted by Gasteiger charge is 2.16. The molecule has 0 atom stereocenters. The van der Waals surface area contributed by atoms with Crippen molar-refractivity contribution in [2.24, 2.45) is 0 Å². The Kier molecular flexibility index (Phi) is 6.34. The normalized spacial score (nSPS) is 16.9. The summed E-state index contributed by atoms with van der Waals surface area (Å²) in [5.41, 5.74) is 1.37. The summed E-state index contributed by atoms with van der Waals surface area (Å²) < 4.78 is 0. The van der Waals surface area contributed by atoms with Crippen LogP contribution in [0.2, 0.25) is 0 Å². The van der Waals surface area contributed by atoms with Gasteiger partial charge in [0.05, 0.1) is 0 Å². The van der Waals surface area contributed by atoms with Crippen LogP contribution in [0.3, 0.4) is 0 Å². The average molecular weight is 275 g/mol. The lowest BCUT2D eigenvalue weighted by molar-refractivity contribution is 0.227. The van der Waals surface area contributed by atoms with Gasteiger partial charge in [0.1, 0.15) is 0 Å². The third-order valence-electron chi connectivity index (χ3n) is 4.34. The highest BCUT2D eigenvalue weighted by atomic mass is 15.3. The third kappa shape index (κ3) is 4.50.